The molecule has 0 unspecified atom stereocenters. The number of carbonyl (C=O) groups is 1. The van der Waals surface area contributed by atoms with Crippen LogP contribution in [0.4, 0.5) is 5.82 Å². The van der Waals surface area contributed by atoms with Crippen LogP contribution in [0, 0.1) is 0 Å². The highest BCUT2D eigenvalue weighted by atomic mass is 32.1. The highest BCUT2D eigenvalue weighted by Crippen LogP contribution is 2.22. The van der Waals surface area contributed by atoms with Gasteiger partial charge in [0.15, 0.2) is 5.82 Å². The van der Waals surface area contributed by atoms with Crippen molar-refractivity contribution in [2.24, 2.45) is 0 Å². The van der Waals surface area contributed by atoms with Crippen molar-refractivity contribution in [1.82, 2.24) is 30.5 Å². The van der Waals surface area contributed by atoms with Gasteiger partial charge in [-0.3, -0.25) is 4.79 Å². The molecule has 0 atom stereocenters. The van der Waals surface area contributed by atoms with Crippen molar-refractivity contribution in [2.75, 3.05) is 18.0 Å². The summed E-state index contributed by atoms with van der Waals surface area (Å²) >= 11 is 1.55. The summed E-state index contributed by atoms with van der Waals surface area (Å²) in [6.45, 7) is 2.46. The molecular weight excluding hydrogens is 458 g/mol. The van der Waals surface area contributed by atoms with Gasteiger partial charge in [-0.1, -0.05) is 55.3 Å². The van der Waals surface area contributed by atoms with Crippen molar-refractivity contribution in [1.29, 1.82) is 0 Å². The Balaban J connectivity index is 1.34. The first-order valence-electron chi connectivity index (χ1n) is 11.9. The first-order valence-corrected chi connectivity index (χ1v) is 12.7. The molecule has 1 aliphatic heterocycles. The van der Waals surface area contributed by atoms with E-state index in [1.165, 1.54) is 30.4 Å². The minimum atomic E-state index is -0.264. The smallest absolute Gasteiger partial charge is 0.270 e. The van der Waals surface area contributed by atoms with E-state index in [0.29, 0.717) is 18.1 Å². The highest BCUT2D eigenvalue weighted by molar-refractivity contribution is 7.10. The van der Waals surface area contributed by atoms with E-state index in [4.69, 9.17) is 0 Å². The van der Waals surface area contributed by atoms with E-state index in [9.17, 15) is 4.79 Å². The van der Waals surface area contributed by atoms with Crippen LogP contribution in [0.1, 0.15) is 36.1 Å². The fourth-order valence-corrected chi connectivity index (χ4v) is 4.78. The van der Waals surface area contributed by atoms with E-state index in [2.05, 4.69) is 30.7 Å². The summed E-state index contributed by atoms with van der Waals surface area (Å²) in [4.78, 5) is 21.3. The Morgan fingerprint density at radius 1 is 1.00 bits per heavy atom. The number of carbonyl (C=O) groups excluding carboxylic acids is 1. The summed E-state index contributed by atoms with van der Waals surface area (Å²) in [6, 6.07) is 17.6. The number of pyridine rings is 1. The summed E-state index contributed by atoms with van der Waals surface area (Å²) < 4.78 is 1.49. The van der Waals surface area contributed by atoms with Gasteiger partial charge in [0.25, 0.3) is 5.91 Å². The molecule has 4 heterocycles. The molecule has 178 valence electrons. The first kappa shape index (κ1) is 22.9. The summed E-state index contributed by atoms with van der Waals surface area (Å²) in [5, 5.41) is 17.1. The quantitative estimate of drug-likeness (QED) is 0.388. The molecule has 5 rings (SSSR count). The molecule has 9 heteroatoms. The first-order chi connectivity index (χ1) is 17.3. The molecular formula is C26H27N7OS. The van der Waals surface area contributed by atoms with Crippen LogP contribution < -0.4 is 10.2 Å². The summed E-state index contributed by atoms with van der Waals surface area (Å²) in [7, 11) is 0. The Kier molecular flexibility index (Phi) is 7.24. The zero-order chi connectivity index (χ0) is 23.9. The lowest BCUT2D eigenvalue weighted by Crippen LogP contribution is -2.27. The number of hydrogen-bond donors (Lipinski definition) is 1. The number of thiophene rings is 1. The third-order valence-electron chi connectivity index (χ3n) is 5.98. The van der Waals surface area contributed by atoms with Crippen LogP contribution in [0.15, 0.2) is 66.2 Å². The lowest BCUT2D eigenvalue weighted by Gasteiger charge is -2.21. The molecule has 1 aromatic carbocycles. The number of amides is 1. The van der Waals surface area contributed by atoms with Gasteiger partial charge in [0.1, 0.15) is 11.5 Å². The number of hydrogen-bond acceptors (Lipinski definition) is 7. The van der Waals surface area contributed by atoms with E-state index < -0.39 is 0 Å². The largest absolute Gasteiger partial charge is 0.357 e. The minimum Gasteiger partial charge on any atom is -0.357 e. The van der Waals surface area contributed by atoms with E-state index in [1.807, 2.05) is 72.3 Å². The molecule has 0 spiro atoms. The maximum atomic E-state index is 13.4. The molecule has 1 fully saturated rings. The van der Waals surface area contributed by atoms with Gasteiger partial charge in [0, 0.05) is 36.3 Å². The zero-order valence-corrected chi connectivity index (χ0v) is 20.2. The van der Waals surface area contributed by atoms with Gasteiger partial charge < -0.3 is 10.2 Å². The number of rotatable bonds is 7. The van der Waals surface area contributed by atoms with Gasteiger partial charge in [0.05, 0.1) is 0 Å². The predicted octanol–water partition coefficient (Wildman–Crippen LogP) is 4.49. The second kappa shape index (κ2) is 11.1. The average Bonchev–Trinajstić information content (AvgIpc) is 3.53. The third kappa shape index (κ3) is 5.63. The molecule has 0 saturated carbocycles. The van der Waals surface area contributed by atoms with Gasteiger partial charge in [-0.15, -0.1) is 16.4 Å². The molecule has 0 radical (unpaired) electrons. The maximum absolute atomic E-state index is 13.4. The van der Waals surface area contributed by atoms with E-state index in [0.717, 1.165) is 34.9 Å². The second-order valence-corrected chi connectivity index (χ2v) is 9.41. The fraction of sp³-hybridized carbons (Fsp3) is 0.269. The van der Waals surface area contributed by atoms with E-state index in [-0.39, 0.29) is 5.91 Å². The number of anilines is 1. The van der Waals surface area contributed by atoms with Gasteiger partial charge >= 0.3 is 0 Å². The van der Waals surface area contributed by atoms with Gasteiger partial charge in [-0.25, -0.2) is 4.98 Å². The van der Waals surface area contributed by atoms with Crippen LogP contribution in [-0.2, 0) is 11.3 Å². The van der Waals surface area contributed by atoms with E-state index >= 15 is 0 Å². The molecule has 4 aromatic rings. The Labute approximate surface area is 208 Å². The van der Waals surface area contributed by atoms with Crippen molar-refractivity contribution in [3.8, 4) is 11.4 Å². The van der Waals surface area contributed by atoms with Crippen molar-refractivity contribution < 1.29 is 4.79 Å². The van der Waals surface area contributed by atoms with Crippen LogP contribution in [0.2, 0.25) is 0 Å². The Bertz CT molecular complexity index is 1260. The highest BCUT2D eigenvalue weighted by Gasteiger charge is 2.19. The zero-order valence-electron chi connectivity index (χ0n) is 19.4. The van der Waals surface area contributed by atoms with Crippen LogP contribution >= 0.6 is 11.3 Å². The average molecular weight is 486 g/mol. The van der Waals surface area contributed by atoms with Gasteiger partial charge in [-0.05, 0) is 52.4 Å². The number of nitrogens with one attached hydrogen (secondary N) is 1. The van der Waals surface area contributed by atoms with Crippen molar-refractivity contribution in [2.45, 2.75) is 32.2 Å². The topological polar surface area (TPSA) is 88.8 Å². The lowest BCUT2D eigenvalue weighted by molar-refractivity contribution is -0.116. The lowest BCUT2D eigenvalue weighted by atomic mass is 10.2. The van der Waals surface area contributed by atoms with Crippen LogP contribution in [0.25, 0.3) is 23.2 Å². The minimum absolute atomic E-state index is 0.264. The number of nitrogens with zero attached hydrogens (tertiary/aromatic N) is 6. The van der Waals surface area contributed by atoms with E-state index in [1.54, 1.807) is 11.3 Å². The van der Waals surface area contributed by atoms with Gasteiger partial charge in [-0.2, -0.15) is 4.68 Å². The van der Waals surface area contributed by atoms with Crippen molar-refractivity contribution in [3.63, 3.8) is 0 Å². The third-order valence-corrected chi connectivity index (χ3v) is 6.80. The molecule has 1 N–H and O–H groups in total. The molecule has 35 heavy (non-hydrogen) atoms. The van der Waals surface area contributed by atoms with Crippen LogP contribution in [-0.4, -0.2) is 44.2 Å². The summed E-state index contributed by atoms with van der Waals surface area (Å²) in [5.41, 5.74) is 2.12. The number of tetrazole rings is 1. The Morgan fingerprint density at radius 2 is 1.83 bits per heavy atom. The predicted molar refractivity (Wildman–Crippen MR) is 139 cm³/mol. The Morgan fingerprint density at radius 3 is 2.54 bits per heavy atom. The SMILES string of the molecule is O=C(NCc1ccc(N2CCCCCC2)nc1)/C(=C\c1cccs1)n1nnnc1-c1ccccc1. The van der Waals surface area contributed by atoms with Gasteiger partial charge in [0.2, 0.25) is 0 Å². The molecule has 1 aliphatic rings. The summed E-state index contributed by atoms with van der Waals surface area (Å²) in [5.74, 6) is 1.24. The molecule has 1 amide bonds. The normalized spacial score (nSPS) is 14.5. The van der Waals surface area contributed by atoms with Crippen LogP contribution in [0.5, 0.6) is 0 Å². The molecule has 0 aliphatic carbocycles. The standard InChI is InChI=1S/C26H27N7OS/c34-26(28-19-20-12-13-24(27-18-20)32-14-6-1-2-7-15-32)23(17-22-11-8-16-35-22)33-25(29-30-31-33)21-9-4-3-5-10-21/h3-5,8-13,16-18H,1-2,6-7,14-15,19H2,(H,28,34)/b23-17+. The summed E-state index contributed by atoms with van der Waals surface area (Å²) in [6.07, 6.45) is 8.64. The Hall–Kier alpha value is -3.85. The molecule has 1 saturated heterocycles. The van der Waals surface area contributed by atoms with Crippen LogP contribution in [0.3, 0.4) is 0 Å². The maximum Gasteiger partial charge on any atom is 0.270 e. The second-order valence-electron chi connectivity index (χ2n) is 8.43. The molecule has 8 nitrogen and oxygen atoms in total. The number of benzene rings is 1. The molecule has 0 bridgehead atoms. The molecule has 3 aromatic heterocycles. The van der Waals surface area contributed by atoms with Crippen molar-refractivity contribution >= 4 is 34.8 Å². The van der Waals surface area contributed by atoms with Crippen molar-refractivity contribution in [3.05, 3.63) is 76.6 Å². The fourth-order valence-electron chi connectivity index (χ4n) is 4.13. The monoisotopic (exact) mass is 485 g/mol. The number of aromatic nitrogens is 5.